The van der Waals surface area contributed by atoms with Crippen LogP contribution in [0.5, 0.6) is 0 Å². The minimum absolute atomic E-state index is 0.0292. The van der Waals surface area contributed by atoms with Gasteiger partial charge in [0.2, 0.25) is 0 Å². The molecule has 0 aliphatic heterocycles. The number of aromatic nitrogens is 3. The Morgan fingerprint density at radius 3 is 2.95 bits per heavy atom. The van der Waals surface area contributed by atoms with E-state index in [1.165, 1.54) is 30.5 Å². The predicted molar refractivity (Wildman–Crippen MR) is 81.2 cm³/mol. The van der Waals surface area contributed by atoms with Crippen molar-refractivity contribution >= 4 is 5.91 Å². The van der Waals surface area contributed by atoms with Crippen molar-refractivity contribution in [2.45, 2.75) is 45.6 Å². The zero-order chi connectivity index (χ0) is 14.8. The van der Waals surface area contributed by atoms with Gasteiger partial charge in [0.1, 0.15) is 0 Å². The summed E-state index contributed by atoms with van der Waals surface area (Å²) in [7, 11) is 1.94. The van der Waals surface area contributed by atoms with E-state index in [4.69, 9.17) is 0 Å². The molecule has 2 aromatic heterocycles. The average Bonchev–Trinajstić information content (AvgIpc) is 2.92. The van der Waals surface area contributed by atoms with E-state index in [1.807, 2.05) is 30.8 Å². The molecule has 5 heteroatoms. The fraction of sp³-hybridized carbons (Fsp3) is 0.500. The van der Waals surface area contributed by atoms with E-state index in [0.29, 0.717) is 6.54 Å². The Bertz CT molecular complexity index is 653. The number of nitrogens with zero attached hydrogens (tertiary/aromatic N) is 2. The highest BCUT2D eigenvalue weighted by Crippen LogP contribution is 2.21. The maximum Gasteiger partial charge on any atom is 0.253 e. The normalized spacial score (nSPS) is 14.6. The SMILES string of the molecule is Cc1c(C(=O)NCc2n[nH]c3c2CCCCC3)ccn1C. The van der Waals surface area contributed by atoms with Crippen LogP contribution in [0.15, 0.2) is 12.3 Å². The average molecular weight is 286 g/mol. The lowest BCUT2D eigenvalue weighted by Crippen LogP contribution is -2.24. The van der Waals surface area contributed by atoms with Gasteiger partial charge < -0.3 is 9.88 Å². The molecule has 0 spiro atoms. The van der Waals surface area contributed by atoms with Crippen molar-refractivity contribution in [3.05, 3.63) is 40.5 Å². The zero-order valence-corrected chi connectivity index (χ0v) is 12.7. The second-order valence-electron chi connectivity index (χ2n) is 5.80. The third-order valence-corrected chi connectivity index (χ3v) is 4.44. The van der Waals surface area contributed by atoms with E-state index in [1.54, 1.807) is 0 Å². The number of fused-ring (bicyclic) bond motifs is 1. The Kier molecular flexibility index (Phi) is 3.82. The molecule has 0 aromatic carbocycles. The zero-order valence-electron chi connectivity index (χ0n) is 12.7. The van der Waals surface area contributed by atoms with Crippen molar-refractivity contribution in [2.75, 3.05) is 0 Å². The Hall–Kier alpha value is -2.04. The van der Waals surface area contributed by atoms with Crippen LogP contribution in [-0.2, 0) is 26.4 Å². The van der Waals surface area contributed by atoms with Gasteiger partial charge in [0.15, 0.2) is 0 Å². The van der Waals surface area contributed by atoms with Gasteiger partial charge in [0.25, 0.3) is 5.91 Å². The fourth-order valence-corrected chi connectivity index (χ4v) is 2.98. The summed E-state index contributed by atoms with van der Waals surface area (Å²) >= 11 is 0. The molecule has 0 fully saturated rings. The highest BCUT2D eigenvalue weighted by Gasteiger charge is 2.17. The van der Waals surface area contributed by atoms with E-state index in [9.17, 15) is 4.79 Å². The highest BCUT2D eigenvalue weighted by molar-refractivity contribution is 5.95. The molecule has 1 amide bonds. The molecule has 0 bridgehead atoms. The minimum atomic E-state index is -0.0292. The molecule has 3 rings (SSSR count). The van der Waals surface area contributed by atoms with Crippen LogP contribution in [0.4, 0.5) is 0 Å². The van der Waals surface area contributed by atoms with E-state index in [2.05, 4.69) is 15.5 Å². The number of carbonyl (C=O) groups is 1. The first-order valence-corrected chi connectivity index (χ1v) is 7.62. The van der Waals surface area contributed by atoms with Crippen LogP contribution < -0.4 is 5.32 Å². The van der Waals surface area contributed by atoms with Crippen LogP contribution in [0.1, 0.15) is 52.3 Å². The summed E-state index contributed by atoms with van der Waals surface area (Å²) in [5.74, 6) is -0.0292. The largest absolute Gasteiger partial charge is 0.354 e. The maximum absolute atomic E-state index is 12.2. The lowest BCUT2D eigenvalue weighted by atomic mass is 10.1. The van der Waals surface area contributed by atoms with E-state index in [0.717, 1.165) is 29.8 Å². The summed E-state index contributed by atoms with van der Waals surface area (Å²) in [6.07, 6.45) is 7.77. The van der Waals surface area contributed by atoms with Gasteiger partial charge in [-0.1, -0.05) is 6.42 Å². The highest BCUT2D eigenvalue weighted by atomic mass is 16.1. The Morgan fingerprint density at radius 1 is 1.38 bits per heavy atom. The van der Waals surface area contributed by atoms with Crippen LogP contribution in [0.25, 0.3) is 0 Å². The molecule has 5 nitrogen and oxygen atoms in total. The summed E-state index contributed by atoms with van der Waals surface area (Å²) in [6.45, 7) is 2.45. The van der Waals surface area contributed by atoms with Gasteiger partial charge in [-0.15, -0.1) is 0 Å². The molecular weight excluding hydrogens is 264 g/mol. The molecule has 1 aliphatic rings. The first kappa shape index (κ1) is 13.9. The molecule has 0 saturated carbocycles. The molecular formula is C16H22N4O. The van der Waals surface area contributed by atoms with Gasteiger partial charge in [-0.05, 0) is 44.2 Å². The number of aromatic amines is 1. The molecule has 0 saturated heterocycles. The first-order chi connectivity index (χ1) is 10.2. The van der Waals surface area contributed by atoms with Crippen LogP contribution in [0.2, 0.25) is 0 Å². The van der Waals surface area contributed by atoms with Crippen LogP contribution in [-0.4, -0.2) is 20.7 Å². The first-order valence-electron chi connectivity index (χ1n) is 7.62. The molecule has 2 N–H and O–H groups in total. The second-order valence-corrected chi connectivity index (χ2v) is 5.80. The summed E-state index contributed by atoms with van der Waals surface area (Å²) in [4.78, 5) is 12.2. The van der Waals surface area contributed by atoms with Crippen molar-refractivity contribution < 1.29 is 4.79 Å². The van der Waals surface area contributed by atoms with Gasteiger partial charge in [-0.2, -0.15) is 5.10 Å². The summed E-state index contributed by atoms with van der Waals surface area (Å²) < 4.78 is 1.95. The second kappa shape index (κ2) is 5.76. The van der Waals surface area contributed by atoms with E-state index in [-0.39, 0.29) is 5.91 Å². The van der Waals surface area contributed by atoms with Gasteiger partial charge >= 0.3 is 0 Å². The minimum Gasteiger partial charge on any atom is -0.354 e. The van der Waals surface area contributed by atoms with Crippen molar-refractivity contribution in [1.82, 2.24) is 20.1 Å². The number of nitrogens with one attached hydrogen (secondary N) is 2. The Labute approximate surface area is 124 Å². The fourth-order valence-electron chi connectivity index (χ4n) is 2.98. The third-order valence-electron chi connectivity index (χ3n) is 4.44. The van der Waals surface area contributed by atoms with Crippen molar-refractivity contribution in [1.29, 1.82) is 0 Å². The maximum atomic E-state index is 12.2. The molecule has 0 atom stereocenters. The molecule has 2 aromatic rings. The van der Waals surface area contributed by atoms with Gasteiger partial charge in [0, 0.05) is 24.6 Å². The molecule has 0 unspecified atom stereocenters. The lowest BCUT2D eigenvalue weighted by Gasteiger charge is -2.06. The standard InChI is InChI=1S/C16H22N4O/c1-11-12(8-9-20(11)2)16(21)17-10-15-13-6-4-3-5-7-14(13)18-19-15/h8-9H,3-7,10H2,1-2H3,(H,17,21)(H,18,19). The number of rotatable bonds is 3. The van der Waals surface area contributed by atoms with Crippen molar-refractivity contribution in [3.63, 3.8) is 0 Å². The number of hydrogen-bond acceptors (Lipinski definition) is 2. The molecule has 112 valence electrons. The number of aryl methyl sites for hydroxylation is 2. The molecule has 2 heterocycles. The quantitative estimate of drug-likeness (QED) is 0.850. The number of amides is 1. The van der Waals surface area contributed by atoms with Crippen molar-refractivity contribution in [3.8, 4) is 0 Å². The number of carbonyl (C=O) groups excluding carboxylic acids is 1. The van der Waals surface area contributed by atoms with Crippen LogP contribution in [0, 0.1) is 6.92 Å². The number of hydrogen-bond donors (Lipinski definition) is 2. The van der Waals surface area contributed by atoms with Gasteiger partial charge in [0.05, 0.1) is 17.8 Å². The van der Waals surface area contributed by atoms with E-state index >= 15 is 0 Å². The summed E-state index contributed by atoms with van der Waals surface area (Å²) in [5, 5.41) is 10.5. The summed E-state index contributed by atoms with van der Waals surface area (Å²) in [6, 6.07) is 1.86. The Morgan fingerprint density at radius 2 is 2.19 bits per heavy atom. The van der Waals surface area contributed by atoms with Crippen LogP contribution >= 0.6 is 0 Å². The smallest absolute Gasteiger partial charge is 0.253 e. The van der Waals surface area contributed by atoms with Crippen molar-refractivity contribution in [2.24, 2.45) is 7.05 Å². The lowest BCUT2D eigenvalue weighted by molar-refractivity contribution is 0.0949. The van der Waals surface area contributed by atoms with Gasteiger partial charge in [-0.3, -0.25) is 9.89 Å². The van der Waals surface area contributed by atoms with Gasteiger partial charge in [-0.25, -0.2) is 0 Å². The molecule has 1 aliphatic carbocycles. The number of H-pyrrole nitrogens is 1. The Balaban J connectivity index is 1.69. The molecule has 0 radical (unpaired) electrons. The third kappa shape index (κ3) is 2.73. The summed E-state index contributed by atoms with van der Waals surface area (Å²) in [5.41, 5.74) is 5.28. The predicted octanol–water partition coefficient (Wildman–Crippen LogP) is 2.26. The molecule has 21 heavy (non-hydrogen) atoms. The van der Waals surface area contributed by atoms with E-state index < -0.39 is 0 Å². The topological polar surface area (TPSA) is 62.7 Å². The monoisotopic (exact) mass is 286 g/mol. The van der Waals surface area contributed by atoms with Crippen LogP contribution in [0.3, 0.4) is 0 Å².